The van der Waals surface area contributed by atoms with Crippen LogP contribution in [0.1, 0.15) is 17.4 Å². The molecule has 0 aliphatic carbocycles. The van der Waals surface area contributed by atoms with E-state index in [1.54, 1.807) is 18.2 Å². The molecule has 7 heteroatoms. The van der Waals surface area contributed by atoms with Crippen LogP contribution in [0, 0.1) is 0 Å². The number of aromatic nitrogens is 1. The van der Waals surface area contributed by atoms with Gasteiger partial charge in [-0.1, -0.05) is 6.07 Å². The van der Waals surface area contributed by atoms with Gasteiger partial charge in [0, 0.05) is 11.1 Å². The Labute approximate surface area is 138 Å². The summed E-state index contributed by atoms with van der Waals surface area (Å²) < 4.78 is 5.35. The van der Waals surface area contributed by atoms with Crippen molar-refractivity contribution < 1.29 is 14.3 Å². The number of nitrogens with zero attached hydrogens (tertiary/aromatic N) is 1. The van der Waals surface area contributed by atoms with Gasteiger partial charge in [-0.15, -0.1) is 11.8 Å². The first-order valence-electron chi connectivity index (χ1n) is 7.05. The number of hydrogen-bond donors (Lipinski definition) is 2. The Morgan fingerprint density at radius 1 is 1.13 bits per heavy atom. The molecule has 0 fully saturated rings. The highest BCUT2D eigenvalue weighted by molar-refractivity contribution is 8.00. The van der Waals surface area contributed by atoms with E-state index in [1.807, 2.05) is 31.2 Å². The number of thioether (sulfide) groups is 1. The smallest absolute Gasteiger partial charge is 0.288 e. The predicted molar refractivity (Wildman–Crippen MR) is 88.2 cm³/mol. The number of hydrazine groups is 1. The minimum absolute atomic E-state index is 0.191. The van der Waals surface area contributed by atoms with Crippen molar-refractivity contribution in [2.24, 2.45) is 0 Å². The van der Waals surface area contributed by atoms with E-state index in [9.17, 15) is 9.59 Å². The Kier molecular flexibility index (Phi) is 6.43. The number of pyridine rings is 1. The van der Waals surface area contributed by atoms with Crippen molar-refractivity contribution in [2.45, 2.75) is 11.8 Å². The second-order valence-electron chi connectivity index (χ2n) is 4.41. The lowest BCUT2D eigenvalue weighted by Crippen LogP contribution is -2.42. The summed E-state index contributed by atoms with van der Waals surface area (Å²) in [5.41, 5.74) is 4.93. The first-order chi connectivity index (χ1) is 11.2. The van der Waals surface area contributed by atoms with E-state index >= 15 is 0 Å². The largest absolute Gasteiger partial charge is 0.494 e. The van der Waals surface area contributed by atoms with Crippen molar-refractivity contribution in [3.05, 3.63) is 54.4 Å². The number of amides is 2. The summed E-state index contributed by atoms with van der Waals surface area (Å²) in [6.45, 7) is 2.54. The third-order valence-corrected chi connectivity index (χ3v) is 3.73. The van der Waals surface area contributed by atoms with Crippen LogP contribution in [0.15, 0.2) is 53.6 Å². The first-order valence-corrected chi connectivity index (χ1v) is 8.03. The van der Waals surface area contributed by atoms with E-state index in [1.165, 1.54) is 18.0 Å². The average molecular weight is 331 g/mol. The second kappa shape index (κ2) is 8.79. The molecule has 23 heavy (non-hydrogen) atoms. The van der Waals surface area contributed by atoms with E-state index in [0.717, 1.165) is 10.6 Å². The van der Waals surface area contributed by atoms with E-state index in [-0.39, 0.29) is 17.4 Å². The van der Waals surface area contributed by atoms with Gasteiger partial charge in [0.15, 0.2) is 0 Å². The average Bonchev–Trinajstić information content (AvgIpc) is 2.60. The Morgan fingerprint density at radius 2 is 1.91 bits per heavy atom. The molecule has 1 heterocycles. The van der Waals surface area contributed by atoms with Crippen LogP contribution in [0.5, 0.6) is 5.75 Å². The maximum Gasteiger partial charge on any atom is 0.288 e. The number of carbonyl (C=O) groups is 2. The van der Waals surface area contributed by atoms with E-state index < -0.39 is 5.91 Å². The van der Waals surface area contributed by atoms with Gasteiger partial charge in [0.05, 0.1) is 12.4 Å². The molecule has 120 valence electrons. The van der Waals surface area contributed by atoms with Gasteiger partial charge in [-0.2, -0.15) is 0 Å². The predicted octanol–water partition coefficient (Wildman–Crippen LogP) is 2.03. The molecule has 0 aliphatic rings. The summed E-state index contributed by atoms with van der Waals surface area (Å²) in [5.74, 6) is 0.235. The minimum atomic E-state index is -0.454. The van der Waals surface area contributed by atoms with Crippen LogP contribution in [0.2, 0.25) is 0 Å². The number of nitrogens with one attached hydrogen (secondary N) is 2. The van der Waals surface area contributed by atoms with Crippen LogP contribution in [0.3, 0.4) is 0 Å². The third-order valence-electron chi connectivity index (χ3n) is 2.72. The molecule has 2 rings (SSSR count). The van der Waals surface area contributed by atoms with Crippen molar-refractivity contribution in [1.82, 2.24) is 15.8 Å². The van der Waals surface area contributed by atoms with Crippen molar-refractivity contribution in [3.8, 4) is 5.75 Å². The zero-order chi connectivity index (χ0) is 16.5. The number of ether oxygens (including phenoxy) is 1. The topological polar surface area (TPSA) is 80.3 Å². The standard InChI is InChI=1S/C16H17N3O3S/c1-2-22-12-6-8-13(9-7-12)23-11-15(20)18-19-16(21)14-5-3-4-10-17-14/h3-10H,2,11H2,1H3,(H,18,20)(H,19,21). The molecule has 0 saturated heterocycles. The van der Waals surface area contributed by atoms with Crippen LogP contribution in [0.25, 0.3) is 0 Å². The van der Waals surface area contributed by atoms with Gasteiger partial charge >= 0.3 is 0 Å². The normalized spacial score (nSPS) is 9.96. The maximum absolute atomic E-state index is 11.7. The van der Waals surface area contributed by atoms with Gasteiger partial charge in [0.1, 0.15) is 11.4 Å². The van der Waals surface area contributed by atoms with Crippen LogP contribution in [0.4, 0.5) is 0 Å². The number of carbonyl (C=O) groups excluding carboxylic acids is 2. The fraction of sp³-hybridized carbons (Fsp3) is 0.188. The molecular formula is C16H17N3O3S. The lowest BCUT2D eigenvalue weighted by molar-refractivity contribution is -0.119. The van der Waals surface area contributed by atoms with Crippen molar-refractivity contribution >= 4 is 23.6 Å². The molecule has 0 aliphatic heterocycles. The highest BCUT2D eigenvalue weighted by atomic mass is 32.2. The lowest BCUT2D eigenvalue weighted by Gasteiger charge is -2.07. The molecule has 1 aromatic carbocycles. The number of rotatable bonds is 6. The minimum Gasteiger partial charge on any atom is -0.494 e. The molecule has 2 N–H and O–H groups in total. The van der Waals surface area contributed by atoms with Crippen molar-refractivity contribution in [2.75, 3.05) is 12.4 Å². The SMILES string of the molecule is CCOc1ccc(SCC(=O)NNC(=O)c2ccccn2)cc1. The Hall–Kier alpha value is -2.54. The fourth-order valence-electron chi connectivity index (χ4n) is 1.67. The van der Waals surface area contributed by atoms with E-state index in [2.05, 4.69) is 15.8 Å². The van der Waals surface area contributed by atoms with Gasteiger partial charge in [-0.3, -0.25) is 25.4 Å². The third kappa shape index (κ3) is 5.63. The van der Waals surface area contributed by atoms with E-state index in [4.69, 9.17) is 4.74 Å². The van der Waals surface area contributed by atoms with Gasteiger partial charge in [0.25, 0.3) is 5.91 Å². The van der Waals surface area contributed by atoms with Crippen molar-refractivity contribution in [1.29, 1.82) is 0 Å². The molecule has 0 atom stereocenters. The zero-order valence-corrected chi connectivity index (χ0v) is 13.4. The Bertz CT molecular complexity index is 647. The summed E-state index contributed by atoms with van der Waals surface area (Å²) in [4.78, 5) is 28.3. The molecular weight excluding hydrogens is 314 g/mol. The fourth-order valence-corrected chi connectivity index (χ4v) is 2.37. The van der Waals surface area contributed by atoms with Gasteiger partial charge in [-0.25, -0.2) is 0 Å². The highest BCUT2D eigenvalue weighted by Gasteiger charge is 2.08. The molecule has 0 spiro atoms. The van der Waals surface area contributed by atoms with E-state index in [0.29, 0.717) is 6.61 Å². The number of benzene rings is 1. The first kappa shape index (κ1) is 16.8. The zero-order valence-electron chi connectivity index (χ0n) is 12.6. The van der Waals surface area contributed by atoms with Crippen LogP contribution < -0.4 is 15.6 Å². The summed E-state index contributed by atoms with van der Waals surface area (Å²) in [5, 5.41) is 0. The Balaban J connectivity index is 1.73. The van der Waals surface area contributed by atoms with Crippen LogP contribution in [-0.2, 0) is 4.79 Å². The monoisotopic (exact) mass is 331 g/mol. The van der Waals surface area contributed by atoms with Crippen LogP contribution in [-0.4, -0.2) is 29.2 Å². The molecule has 0 bridgehead atoms. The van der Waals surface area contributed by atoms with Gasteiger partial charge < -0.3 is 4.74 Å². The molecule has 2 amide bonds. The second-order valence-corrected chi connectivity index (χ2v) is 5.46. The van der Waals surface area contributed by atoms with Gasteiger partial charge in [0.2, 0.25) is 5.91 Å². The van der Waals surface area contributed by atoms with Gasteiger partial charge in [-0.05, 0) is 43.3 Å². The maximum atomic E-state index is 11.7. The summed E-state index contributed by atoms with van der Waals surface area (Å²) in [6.07, 6.45) is 1.51. The number of hydrogen-bond acceptors (Lipinski definition) is 5. The molecule has 1 aromatic heterocycles. The molecule has 0 radical (unpaired) electrons. The summed E-state index contributed by atoms with van der Waals surface area (Å²) in [6, 6.07) is 12.5. The molecule has 0 saturated carbocycles. The summed E-state index contributed by atoms with van der Waals surface area (Å²) >= 11 is 1.37. The summed E-state index contributed by atoms with van der Waals surface area (Å²) in [7, 11) is 0. The lowest BCUT2D eigenvalue weighted by atomic mass is 10.3. The molecule has 2 aromatic rings. The molecule has 0 unspecified atom stereocenters. The Morgan fingerprint density at radius 3 is 2.57 bits per heavy atom. The quantitative estimate of drug-likeness (QED) is 0.625. The van der Waals surface area contributed by atoms with Crippen molar-refractivity contribution in [3.63, 3.8) is 0 Å². The molecule has 6 nitrogen and oxygen atoms in total. The van der Waals surface area contributed by atoms with Crippen LogP contribution >= 0.6 is 11.8 Å². The highest BCUT2D eigenvalue weighted by Crippen LogP contribution is 2.21.